The van der Waals surface area contributed by atoms with Gasteiger partial charge < -0.3 is 29.8 Å². The maximum atomic E-state index is 13.1. The van der Waals surface area contributed by atoms with E-state index >= 15 is 0 Å². The van der Waals surface area contributed by atoms with Gasteiger partial charge in [0.1, 0.15) is 17.3 Å². The number of hydrogen-bond acceptors (Lipinski definition) is 7. The van der Waals surface area contributed by atoms with Crippen LogP contribution in [-0.4, -0.2) is 73.1 Å². The number of nitrogens with zero attached hydrogens (tertiary/aromatic N) is 3. The molecule has 1 saturated heterocycles. The molecule has 2 atom stereocenters. The van der Waals surface area contributed by atoms with Gasteiger partial charge in [-0.15, -0.1) is 0 Å². The van der Waals surface area contributed by atoms with Crippen LogP contribution >= 0.6 is 0 Å². The number of phenols is 2. The van der Waals surface area contributed by atoms with Gasteiger partial charge in [0.05, 0.1) is 12.5 Å². The number of anilines is 1. The summed E-state index contributed by atoms with van der Waals surface area (Å²) in [4.78, 5) is 21.7. The van der Waals surface area contributed by atoms with E-state index in [-0.39, 0.29) is 34.6 Å². The van der Waals surface area contributed by atoms with Crippen molar-refractivity contribution in [3.05, 3.63) is 83.6 Å². The van der Waals surface area contributed by atoms with Gasteiger partial charge in [-0.05, 0) is 72.4 Å². The molecule has 0 spiro atoms. The van der Waals surface area contributed by atoms with Crippen molar-refractivity contribution >= 4 is 20.0 Å². The molecular formula is C34H48N4O4Si. The van der Waals surface area contributed by atoms with Gasteiger partial charge in [-0.25, -0.2) is 4.98 Å². The van der Waals surface area contributed by atoms with Gasteiger partial charge in [-0.2, -0.15) is 0 Å². The van der Waals surface area contributed by atoms with Crippen LogP contribution < -0.4 is 10.2 Å². The number of phenolic OH excluding ortho intramolecular Hbond substituents is 2. The summed E-state index contributed by atoms with van der Waals surface area (Å²) < 4.78 is 6.76. The second kappa shape index (κ2) is 13.9. The summed E-state index contributed by atoms with van der Waals surface area (Å²) in [5.41, 5.74) is 2.95. The summed E-state index contributed by atoms with van der Waals surface area (Å²) in [6.45, 7) is 16.7. The van der Waals surface area contributed by atoms with Crippen LogP contribution in [0.2, 0.25) is 18.1 Å². The van der Waals surface area contributed by atoms with Crippen molar-refractivity contribution in [1.82, 2.24) is 15.2 Å². The third kappa shape index (κ3) is 9.05. The van der Waals surface area contributed by atoms with E-state index < -0.39 is 8.32 Å². The van der Waals surface area contributed by atoms with Gasteiger partial charge in [-0.3, -0.25) is 4.79 Å². The van der Waals surface area contributed by atoms with E-state index in [0.29, 0.717) is 26.1 Å². The number of nitrogens with one attached hydrogen (secondary N) is 1. The van der Waals surface area contributed by atoms with Crippen molar-refractivity contribution in [3.63, 3.8) is 0 Å². The minimum absolute atomic E-state index is 0.0142. The Morgan fingerprint density at radius 3 is 2.28 bits per heavy atom. The third-order valence-electron chi connectivity index (χ3n) is 8.69. The quantitative estimate of drug-likeness (QED) is 0.243. The monoisotopic (exact) mass is 604 g/mol. The zero-order valence-electron chi connectivity index (χ0n) is 26.5. The molecule has 4 rings (SSSR count). The van der Waals surface area contributed by atoms with Gasteiger partial charge in [0.2, 0.25) is 5.91 Å². The Balaban J connectivity index is 1.33. The zero-order valence-corrected chi connectivity index (χ0v) is 27.5. The molecule has 0 radical (unpaired) electrons. The molecule has 1 fully saturated rings. The molecule has 1 aliphatic heterocycles. The average Bonchev–Trinajstić information content (AvgIpc) is 2.95. The normalized spacial score (nSPS) is 15.8. The largest absolute Gasteiger partial charge is 0.508 e. The van der Waals surface area contributed by atoms with Crippen molar-refractivity contribution in [1.29, 1.82) is 0 Å². The smallest absolute Gasteiger partial charge is 0.227 e. The number of pyridine rings is 1. The number of aromatic nitrogens is 1. The maximum Gasteiger partial charge on any atom is 0.227 e. The van der Waals surface area contributed by atoms with E-state index in [0.717, 1.165) is 36.5 Å². The lowest BCUT2D eigenvalue weighted by Crippen LogP contribution is -2.49. The Kier molecular flexibility index (Phi) is 10.5. The van der Waals surface area contributed by atoms with Crippen molar-refractivity contribution in [3.8, 4) is 11.5 Å². The van der Waals surface area contributed by atoms with E-state index in [4.69, 9.17) is 4.43 Å². The van der Waals surface area contributed by atoms with Crippen LogP contribution in [0.5, 0.6) is 11.5 Å². The molecular weight excluding hydrogens is 556 g/mol. The topological polar surface area (TPSA) is 98.2 Å². The lowest BCUT2D eigenvalue weighted by molar-refractivity contribution is -0.130. The SMILES string of the molecule is CC(Cc1cccc(CC(=O)N2CCN(c3ccccn3)CC2)c1)NCC(O[Si](C)(C)C(C)(C)C)c1cc(O)cc(O)c1. The first-order valence-corrected chi connectivity index (χ1v) is 18.2. The molecule has 1 aromatic heterocycles. The van der Waals surface area contributed by atoms with Crippen LogP contribution in [-0.2, 0) is 22.1 Å². The number of rotatable bonds is 11. The predicted molar refractivity (Wildman–Crippen MR) is 175 cm³/mol. The summed E-state index contributed by atoms with van der Waals surface area (Å²) >= 11 is 0. The summed E-state index contributed by atoms with van der Waals surface area (Å²) in [6.07, 6.45) is 2.67. The van der Waals surface area contributed by atoms with Crippen LogP contribution in [0.1, 0.15) is 50.5 Å². The molecule has 0 saturated carbocycles. The summed E-state index contributed by atoms with van der Waals surface area (Å²) in [7, 11) is -2.14. The molecule has 1 amide bonds. The Morgan fingerprint density at radius 1 is 0.977 bits per heavy atom. The zero-order chi connectivity index (χ0) is 31.2. The van der Waals surface area contributed by atoms with Gasteiger partial charge >= 0.3 is 0 Å². The first-order chi connectivity index (χ1) is 20.3. The lowest BCUT2D eigenvalue weighted by atomic mass is 10.0. The number of hydrogen-bond donors (Lipinski definition) is 3. The van der Waals surface area contributed by atoms with E-state index in [1.165, 1.54) is 11.6 Å². The Morgan fingerprint density at radius 2 is 1.65 bits per heavy atom. The third-order valence-corrected chi connectivity index (χ3v) is 13.2. The molecule has 1 aliphatic rings. The van der Waals surface area contributed by atoms with Crippen molar-refractivity contribution in [2.75, 3.05) is 37.6 Å². The highest BCUT2D eigenvalue weighted by Gasteiger charge is 2.39. The van der Waals surface area contributed by atoms with Crippen LogP contribution in [0.15, 0.2) is 66.9 Å². The Labute approximate surface area is 257 Å². The molecule has 2 aromatic carbocycles. The number of aromatic hydroxyl groups is 2. The molecule has 8 nitrogen and oxygen atoms in total. The average molecular weight is 605 g/mol. The highest BCUT2D eigenvalue weighted by molar-refractivity contribution is 6.74. The number of benzene rings is 2. The standard InChI is InChI=1S/C34H48N4O4Si/c1-25(36-24-31(42-43(5,6)34(2,3)4)28-21-29(39)23-30(40)22-28)18-26-10-9-11-27(19-26)20-33(41)38-16-14-37(15-17-38)32-12-7-8-13-35-32/h7-13,19,21-23,25,31,36,39-40H,14-18,20,24H2,1-6H3. The van der Waals surface area contributed by atoms with E-state index in [1.54, 1.807) is 18.3 Å². The minimum Gasteiger partial charge on any atom is -0.508 e. The van der Waals surface area contributed by atoms with Gasteiger partial charge in [0, 0.05) is 51.0 Å². The molecule has 9 heteroatoms. The number of piperazine rings is 1. The van der Waals surface area contributed by atoms with Crippen LogP contribution in [0, 0.1) is 0 Å². The summed E-state index contributed by atoms with van der Waals surface area (Å²) in [5.74, 6) is 1.16. The molecule has 2 heterocycles. The van der Waals surface area contributed by atoms with Gasteiger partial charge in [-0.1, -0.05) is 51.1 Å². The van der Waals surface area contributed by atoms with Crippen LogP contribution in [0.4, 0.5) is 5.82 Å². The Bertz CT molecular complexity index is 1330. The summed E-state index contributed by atoms with van der Waals surface area (Å²) in [5, 5.41) is 23.9. The van der Waals surface area contributed by atoms with Crippen LogP contribution in [0.25, 0.3) is 0 Å². The fraction of sp³-hybridized carbons (Fsp3) is 0.471. The molecule has 3 N–H and O–H groups in total. The molecule has 43 heavy (non-hydrogen) atoms. The maximum absolute atomic E-state index is 13.1. The van der Waals surface area contributed by atoms with E-state index in [9.17, 15) is 15.0 Å². The van der Waals surface area contributed by atoms with Crippen molar-refractivity contribution < 1.29 is 19.4 Å². The molecule has 0 aliphatic carbocycles. The number of carbonyl (C=O) groups excluding carboxylic acids is 1. The van der Waals surface area contributed by atoms with Crippen molar-refractivity contribution in [2.45, 2.75) is 70.8 Å². The molecule has 0 bridgehead atoms. The van der Waals surface area contributed by atoms with Crippen molar-refractivity contribution in [2.24, 2.45) is 0 Å². The molecule has 3 aromatic rings. The number of carbonyl (C=O) groups is 1. The summed E-state index contributed by atoms with van der Waals surface area (Å²) in [6, 6.07) is 19.0. The van der Waals surface area contributed by atoms with Gasteiger partial charge in [0.25, 0.3) is 0 Å². The predicted octanol–water partition coefficient (Wildman–Crippen LogP) is 5.67. The first-order valence-electron chi connectivity index (χ1n) is 15.3. The fourth-order valence-corrected chi connectivity index (χ4v) is 6.46. The first kappa shape index (κ1) is 32.5. The van der Waals surface area contributed by atoms with Gasteiger partial charge in [0.15, 0.2) is 8.32 Å². The minimum atomic E-state index is -2.14. The fourth-order valence-electron chi connectivity index (χ4n) is 5.18. The Hall–Kier alpha value is -3.40. The van der Waals surface area contributed by atoms with E-state index in [1.807, 2.05) is 35.2 Å². The molecule has 2 unspecified atom stereocenters. The highest BCUT2D eigenvalue weighted by Crippen LogP contribution is 2.40. The molecule has 232 valence electrons. The second-order valence-electron chi connectivity index (χ2n) is 13.2. The lowest BCUT2D eigenvalue weighted by Gasteiger charge is -2.39. The number of amides is 1. The van der Waals surface area contributed by atoms with E-state index in [2.05, 4.69) is 68.1 Å². The highest BCUT2D eigenvalue weighted by atomic mass is 28.4. The second-order valence-corrected chi connectivity index (χ2v) is 18.0. The van der Waals surface area contributed by atoms with Crippen LogP contribution in [0.3, 0.4) is 0 Å².